The van der Waals surface area contributed by atoms with Crippen LogP contribution in [0.4, 0.5) is 0 Å². The lowest BCUT2D eigenvalue weighted by molar-refractivity contribution is -0.164. The van der Waals surface area contributed by atoms with E-state index in [-0.39, 0.29) is 19.6 Å². The first-order chi connectivity index (χ1) is 7.08. The number of carbonyl (C=O) groups is 3. The average Bonchev–Trinajstić information content (AvgIpc) is 2.18. The molecule has 0 rings (SSSR count). The standard InChI is InChI=1S/C10H16O5/c1-4-7(11)8(9(12)14-5-2)10(13)15-6-3/h8H,4-6H2,1-3H3. The Bertz CT molecular complexity index is 228. The van der Waals surface area contributed by atoms with E-state index >= 15 is 0 Å². The molecular formula is C10H16O5. The number of Topliss-reactive ketones (excluding diaryl/α,β-unsaturated/α-hetero) is 1. The highest BCUT2D eigenvalue weighted by Gasteiger charge is 2.35. The second-order valence-electron chi connectivity index (χ2n) is 2.76. The third-order valence-corrected chi connectivity index (χ3v) is 1.72. The molecule has 15 heavy (non-hydrogen) atoms. The highest BCUT2D eigenvalue weighted by atomic mass is 16.6. The maximum Gasteiger partial charge on any atom is 0.328 e. The van der Waals surface area contributed by atoms with Crippen molar-refractivity contribution in [3.05, 3.63) is 0 Å². The van der Waals surface area contributed by atoms with Gasteiger partial charge in [0.05, 0.1) is 13.2 Å². The molecule has 0 radical (unpaired) electrons. The smallest absolute Gasteiger partial charge is 0.328 e. The summed E-state index contributed by atoms with van der Waals surface area (Å²) >= 11 is 0. The summed E-state index contributed by atoms with van der Waals surface area (Å²) < 4.78 is 9.27. The van der Waals surface area contributed by atoms with E-state index in [0.717, 1.165) is 0 Å². The van der Waals surface area contributed by atoms with E-state index in [1.165, 1.54) is 0 Å². The number of hydrogen-bond acceptors (Lipinski definition) is 5. The van der Waals surface area contributed by atoms with E-state index in [9.17, 15) is 14.4 Å². The second kappa shape index (κ2) is 6.98. The van der Waals surface area contributed by atoms with E-state index in [4.69, 9.17) is 0 Å². The third-order valence-electron chi connectivity index (χ3n) is 1.72. The van der Waals surface area contributed by atoms with Crippen molar-refractivity contribution in [3.8, 4) is 0 Å². The molecule has 5 heteroatoms. The predicted octanol–water partition coefficient (Wildman–Crippen LogP) is 0.708. The lowest BCUT2D eigenvalue weighted by Crippen LogP contribution is -2.34. The molecule has 0 aliphatic carbocycles. The van der Waals surface area contributed by atoms with Crippen LogP contribution in [0.25, 0.3) is 0 Å². The topological polar surface area (TPSA) is 69.7 Å². The monoisotopic (exact) mass is 216 g/mol. The van der Waals surface area contributed by atoms with Gasteiger partial charge in [-0.25, -0.2) is 0 Å². The van der Waals surface area contributed by atoms with Crippen molar-refractivity contribution in [2.75, 3.05) is 13.2 Å². The zero-order valence-corrected chi connectivity index (χ0v) is 9.24. The summed E-state index contributed by atoms with van der Waals surface area (Å²) in [5, 5.41) is 0. The van der Waals surface area contributed by atoms with E-state index in [1.807, 2.05) is 0 Å². The van der Waals surface area contributed by atoms with Crippen LogP contribution in [0, 0.1) is 5.92 Å². The Morgan fingerprint density at radius 2 is 1.33 bits per heavy atom. The number of ketones is 1. The lowest BCUT2D eigenvalue weighted by atomic mass is 10.0. The zero-order chi connectivity index (χ0) is 11.8. The van der Waals surface area contributed by atoms with Crippen LogP contribution in [0.5, 0.6) is 0 Å². The van der Waals surface area contributed by atoms with Crippen molar-refractivity contribution < 1.29 is 23.9 Å². The number of esters is 2. The van der Waals surface area contributed by atoms with Gasteiger partial charge in [0.2, 0.25) is 5.92 Å². The highest BCUT2D eigenvalue weighted by molar-refractivity contribution is 6.14. The quantitative estimate of drug-likeness (QED) is 0.483. The van der Waals surface area contributed by atoms with Gasteiger partial charge >= 0.3 is 11.9 Å². The van der Waals surface area contributed by atoms with Gasteiger partial charge in [0.25, 0.3) is 0 Å². The predicted molar refractivity (Wildman–Crippen MR) is 52.1 cm³/mol. The van der Waals surface area contributed by atoms with Crippen LogP contribution < -0.4 is 0 Å². The molecule has 86 valence electrons. The number of hydrogen-bond donors (Lipinski definition) is 0. The molecule has 0 atom stereocenters. The van der Waals surface area contributed by atoms with Gasteiger partial charge in [0.1, 0.15) is 0 Å². The first-order valence-corrected chi connectivity index (χ1v) is 4.94. The van der Waals surface area contributed by atoms with Gasteiger partial charge in [0.15, 0.2) is 5.78 Å². The van der Waals surface area contributed by atoms with Gasteiger partial charge in [-0.2, -0.15) is 0 Å². The molecule has 0 aromatic heterocycles. The molecule has 0 amide bonds. The van der Waals surface area contributed by atoms with Gasteiger partial charge in [-0.3, -0.25) is 14.4 Å². The minimum absolute atomic E-state index is 0.0995. The highest BCUT2D eigenvalue weighted by Crippen LogP contribution is 2.07. The fourth-order valence-corrected chi connectivity index (χ4v) is 1.01. The lowest BCUT2D eigenvalue weighted by Gasteiger charge is -2.12. The molecule has 0 aromatic rings. The van der Waals surface area contributed by atoms with E-state index < -0.39 is 23.6 Å². The molecule has 5 nitrogen and oxygen atoms in total. The molecule has 0 aliphatic heterocycles. The van der Waals surface area contributed by atoms with Gasteiger partial charge in [0, 0.05) is 6.42 Å². The Balaban J connectivity index is 4.64. The first-order valence-electron chi connectivity index (χ1n) is 4.94. The van der Waals surface area contributed by atoms with Crippen LogP contribution in [0.1, 0.15) is 27.2 Å². The summed E-state index contributed by atoms with van der Waals surface area (Å²) in [6.45, 7) is 5.05. The molecule has 0 saturated carbocycles. The molecule has 0 saturated heterocycles. The summed E-state index contributed by atoms with van der Waals surface area (Å²) in [4.78, 5) is 34.0. The molecule has 0 aromatic carbocycles. The van der Waals surface area contributed by atoms with Crippen LogP contribution in [0.15, 0.2) is 0 Å². The average molecular weight is 216 g/mol. The number of carbonyl (C=O) groups excluding carboxylic acids is 3. The third kappa shape index (κ3) is 4.10. The van der Waals surface area contributed by atoms with E-state index in [0.29, 0.717) is 0 Å². The van der Waals surface area contributed by atoms with Crippen LogP contribution in [-0.2, 0) is 23.9 Å². The molecular weight excluding hydrogens is 200 g/mol. The fraction of sp³-hybridized carbons (Fsp3) is 0.700. The maximum atomic E-state index is 11.3. The minimum Gasteiger partial charge on any atom is -0.465 e. The van der Waals surface area contributed by atoms with Crippen LogP contribution in [0.3, 0.4) is 0 Å². The number of rotatable bonds is 6. The molecule has 0 unspecified atom stereocenters. The van der Waals surface area contributed by atoms with Gasteiger partial charge < -0.3 is 9.47 Å². The Labute approximate surface area is 88.7 Å². The van der Waals surface area contributed by atoms with Crippen LogP contribution in [-0.4, -0.2) is 30.9 Å². The first kappa shape index (κ1) is 13.6. The van der Waals surface area contributed by atoms with E-state index in [1.54, 1.807) is 20.8 Å². The SMILES string of the molecule is CCOC(=O)C(C(=O)CC)C(=O)OCC. The van der Waals surface area contributed by atoms with Crippen LogP contribution >= 0.6 is 0 Å². The van der Waals surface area contributed by atoms with Crippen molar-refractivity contribution in [2.24, 2.45) is 5.92 Å². The van der Waals surface area contributed by atoms with Crippen LogP contribution in [0.2, 0.25) is 0 Å². The van der Waals surface area contributed by atoms with Gasteiger partial charge in [-0.1, -0.05) is 6.92 Å². The van der Waals surface area contributed by atoms with Gasteiger partial charge in [-0.05, 0) is 13.8 Å². The second-order valence-corrected chi connectivity index (χ2v) is 2.76. The Morgan fingerprint density at radius 3 is 1.60 bits per heavy atom. The molecule has 0 N–H and O–H groups in total. The molecule has 0 spiro atoms. The summed E-state index contributed by atoms with van der Waals surface area (Å²) in [5.41, 5.74) is 0. The molecule has 0 bridgehead atoms. The van der Waals surface area contributed by atoms with Crippen molar-refractivity contribution in [2.45, 2.75) is 27.2 Å². The van der Waals surface area contributed by atoms with Crippen molar-refractivity contribution in [1.29, 1.82) is 0 Å². The zero-order valence-electron chi connectivity index (χ0n) is 9.24. The Morgan fingerprint density at radius 1 is 0.933 bits per heavy atom. The maximum absolute atomic E-state index is 11.3. The van der Waals surface area contributed by atoms with Gasteiger partial charge in [-0.15, -0.1) is 0 Å². The summed E-state index contributed by atoms with van der Waals surface area (Å²) in [5.74, 6) is -3.56. The molecule has 0 heterocycles. The largest absolute Gasteiger partial charge is 0.465 e. The van der Waals surface area contributed by atoms with E-state index in [2.05, 4.69) is 9.47 Å². The Hall–Kier alpha value is -1.39. The summed E-state index contributed by atoms with van der Waals surface area (Å²) in [6, 6.07) is 0. The minimum atomic E-state index is -1.42. The summed E-state index contributed by atoms with van der Waals surface area (Å²) in [6.07, 6.45) is 0.0995. The molecule has 0 aliphatic rings. The van der Waals surface area contributed by atoms with Crippen molar-refractivity contribution in [1.82, 2.24) is 0 Å². The fourth-order valence-electron chi connectivity index (χ4n) is 1.01. The molecule has 0 fully saturated rings. The normalized spacial score (nSPS) is 9.87. The van der Waals surface area contributed by atoms with Crippen molar-refractivity contribution in [3.63, 3.8) is 0 Å². The summed E-state index contributed by atoms with van der Waals surface area (Å²) in [7, 11) is 0. The number of ether oxygens (including phenoxy) is 2. The Kier molecular flexibility index (Phi) is 6.33. The van der Waals surface area contributed by atoms with Crippen molar-refractivity contribution >= 4 is 17.7 Å².